The molecule has 8 nitrogen and oxygen atoms in total. The molecule has 9 heteroatoms. The van der Waals surface area contributed by atoms with Crippen LogP contribution in [0.4, 0.5) is 16.2 Å². The summed E-state index contributed by atoms with van der Waals surface area (Å²) in [6.45, 7) is 12.5. The average Bonchev–Trinajstić information content (AvgIpc) is 2.97. The normalized spacial score (nSPS) is 12.0. The van der Waals surface area contributed by atoms with E-state index in [-0.39, 0.29) is 11.4 Å². The zero-order valence-electron chi connectivity index (χ0n) is 25.3. The summed E-state index contributed by atoms with van der Waals surface area (Å²) in [5.41, 5.74) is 4.75. The van der Waals surface area contributed by atoms with Crippen molar-refractivity contribution in [2.24, 2.45) is 5.41 Å². The van der Waals surface area contributed by atoms with E-state index in [1.807, 2.05) is 48.5 Å². The number of ether oxygens (including phenoxy) is 1. The van der Waals surface area contributed by atoms with E-state index in [0.29, 0.717) is 34.4 Å². The zero-order valence-corrected chi connectivity index (χ0v) is 26.4. The molecule has 0 aliphatic carbocycles. The number of allylic oxidation sites excluding steroid dienone is 3. The van der Waals surface area contributed by atoms with Gasteiger partial charge < -0.3 is 20.7 Å². The van der Waals surface area contributed by atoms with Crippen LogP contribution in [-0.2, 0) is 0 Å². The van der Waals surface area contributed by atoms with Crippen LogP contribution in [0.1, 0.15) is 39.8 Å². The fourth-order valence-electron chi connectivity index (χ4n) is 4.27. The third-order valence-electron chi connectivity index (χ3n) is 6.57. The number of nitrogens with zero attached hydrogens (tertiary/aromatic N) is 2. The largest absolute Gasteiger partial charge is 0.457 e. The van der Waals surface area contributed by atoms with Crippen molar-refractivity contribution in [3.05, 3.63) is 109 Å². The lowest BCUT2D eigenvalue weighted by molar-refractivity contribution is 0.254. The van der Waals surface area contributed by atoms with Crippen LogP contribution in [0.25, 0.3) is 16.6 Å². The van der Waals surface area contributed by atoms with E-state index >= 15 is 0 Å². The maximum atomic E-state index is 13.3. The van der Waals surface area contributed by atoms with Crippen molar-refractivity contribution in [3.8, 4) is 11.5 Å². The Morgan fingerprint density at radius 1 is 1.00 bits per heavy atom. The molecule has 2 aromatic carbocycles. The predicted octanol–water partition coefficient (Wildman–Crippen LogP) is 7.57. The van der Waals surface area contributed by atoms with Crippen molar-refractivity contribution in [2.75, 3.05) is 17.7 Å². The Bertz CT molecular complexity index is 1690. The molecule has 4 N–H and O–H groups in total. The highest BCUT2D eigenvalue weighted by atomic mass is 31.0. The number of hydrogen-bond donors (Lipinski definition) is 4. The second-order valence-corrected chi connectivity index (χ2v) is 11.6. The van der Waals surface area contributed by atoms with Gasteiger partial charge in [0.05, 0.1) is 16.9 Å². The van der Waals surface area contributed by atoms with Gasteiger partial charge in [-0.15, -0.1) is 9.24 Å². The van der Waals surface area contributed by atoms with Crippen LogP contribution in [-0.4, -0.2) is 23.0 Å². The Hall–Kier alpha value is -4.68. The van der Waals surface area contributed by atoms with E-state index in [2.05, 4.69) is 80.8 Å². The van der Waals surface area contributed by atoms with Crippen LogP contribution in [0.5, 0.6) is 11.5 Å². The molecule has 1 atom stereocenters. The highest BCUT2D eigenvalue weighted by Gasteiger charge is 2.17. The minimum Gasteiger partial charge on any atom is -0.457 e. The Labute approximate surface area is 256 Å². The van der Waals surface area contributed by atoms with E-state index in [1.54, 1.807) is 37.6 Å². The molecule has 2 heterocycles. The van der Waals surface area contributed by atoms with Gasteiger partial charge in [0, 0.05) is 42.3 Å². The third kappa shape index (κ3) is 8.66. The molecule has 0 saturated carbocycles. The number of carbonyl (C=O) groups excluding carboxylic acids is 1. The van der Waals surface area contributed by atoms with Crippen molar-refractivity contribution in [1.82, 2.24) is 20.6 Å². The maximum Gasteiger partial charge on any atom is 0.324 e. The summed E-state index contributed by atoms with van der Waals surface area (Å²) in [5.74, 6) is 1.80. The maximum absolute atomic E-state index is 13.3. The minimum absolute atomic E-state index is 0.118. The topological polar surface area (TPSA) is 100 Å². The second-order valence-electron chi connectivity index (χ2n) is 10.9. The van der Waals surface area contributed by atoms with Crippen LogP contribution in [0, 0.1) is 5.41 Å². The molecular weight excluding hydrogens is 555 g/mol. The molecule has 0 radical (unpaired) electrons. The summed E-state index contributed by atoms with van der Waals surface area (Å²) in [6, 6.07) is 18.5. The molecule has 4 rings (SSSR count). The van der Waals surface area contributed by atoms with Crippen LogP contribution < -0.4 is 31.3 Å². The third-order valence-corrected chi connectivity index (χ3v) is 7.05. The van der Waals surface area contributed by atoms with Gasteiger partial charge in [-0.1, -0.05) is 46.4 Å². The summed E-state index contributed by atoms with van der Waals surface area (Å²) in [4.78, 5) is 22.0. The van der Waals surface area contributed by atoms with Gasteiger partial charge in [-0.25, -0.2) is 4.79 Å². The highest BCUT2D eigenvalue weighted by molar-refractivity contribution is 7.28. The summed E-state index contributed by atoms with van der Waals surface area (Å²) >= 11 is 0. The lowest BCUT2D eigenvalue weighted by Crippen LogP contribution is -2.32. The molecule has 0 fully saturated rings. The molecule has 4 aromatic rings. The summed E-state index contributed by atoms with van der Waals surface area (Å²) < 4.78 is 6.03. The van der Waals surface area contributed by atoms with Crippen molar-refractivity contribution in [2.45, 2.75) is 34.1 Å². The second kappa shape index (κ2) is 14.0. The van der Waals surface area contributed by atoms with Gasteiger partial charge in [-0.3, -0.25) is 15.3 Å². The average molecular weight is 595 g/mol. The quantitative estimate of drug-likeness (QED) is 0.112. The first-order valence-electron chi connectivity index (χ1n) is 14.1. The van der Waals surface area contributed by atoms with Gasteiger partial charge in [0.15, 0.2) is 0 Å². The number of amides is 2. The number of rotatable bonds is 10. The van der Waals surface area contributed by atoms with Crippen LogP contribution in [0.2, 0.25) is 0 Å². The zero-order chi connectivity index (χ0) is 31.0. The fourth-order valence-corrected chi connectivity index (χ4v) is 4.60. The number of carbonyl (C=O) groups is 1. The van der Waals surface area contributed by atoms with Gasteiger partial charge >= 0.3 is 6.03 Å². The van der Waals surface area contributed by atoms with Crippen molar-refractivity contribution < 1.29 is 9.53 Å². The number of benzene rings is 2. The Morgan fingerprint density at radius 2 is 1.79 bits per heavy atom. The van der Waals surface area contributed by atoms with Gasteiger partial charge in [-0.05, 0) is 77.3 Å². The number of pyridine rings is 2. The molecular formula is C34H39N6O2P. The smallest absolute Gasteiger partial charge is 0.324 e. The number of aromatic nitrogens is 2. The van der Waals surface area contributed by atoms with Crippen LogP contribution in [0.3, 0.4) is 0 Å². The summed E-state index contributed by atoms with van der Waals surface area (Å²) in [5, 5.41) is 14.1. The van der Waals surface area contributed by atoms with E-state index in [1.165, 1.54) is 0 Å². The van der Waals surface area contributed by atoms with Crippen molar-refractivity contribution in [3.63, 3.8) is 0 Å². The highest BCUT2D eigenvalue weighted by Crippen LogP contribution is 2.28. The SMILES string of the molecule is C=C(NC)c1cc(Oc2ccc(NC(=O)N/C(=C/C(=C/CC)C(C)(C)C)Nc3ccc4ncccc4c3)c(P)c2)ccn1. The van der Waals surface area contributed by atoms with Gasteiger partial charge in [0.25, 0.3) is 0 Å². The van der Waals surface area contributed by atoms with Crippen molar-refractivity contribution in [1.29, 1.82) is 0 Å². The first kappa shape index (κ1) is 31.3. The van der Waals surface area contributed by atoms with E-state index < -0.39 is 0 Å². The number of hydrogen-bond acceptors (Lipinski definition) is 6. The summed E-state index contributed by atoms with van der Waals surface area (Å²) in [6.07, 6.45) is 8.48. The molecule has 43 heavy (non-hydrogen) atoms. The predicted molar refractivity (Wildman–Crippen MR) is 182 cm³/mol. The Kier molecular flexibility index (Phi) is 10.2. The number of fused-ring (bicyclic) bond motifs is 1. The first-order valence-corrected chi connectivity index (χ1v) is 14.7. The van der Waals surface area contributed by atoms with Crippen LogP contribution in [0.15, 0.2) is 103 Å². The Balaban J connectivity index is 1.53. The molecule has 0 aliphatic heterocycles. The van der Waals surface area contributed by atoms with Gasteiger partial charge in [0.1, 0.15) is 17.3 Å². The molecule has 1 unspecified atom stereocenters. The molecule has 2 aromatic heterocycles. The first-order chi connectivity index (χ1) is 20.5. The number of anilines is 2. The Morgan fingerprint density at radius 3 is 2.51 bits per heavy atom. The lowest BCUT2D eigenvalue weighted by Gasteiger charge is -2.23. The number of urea groups is 1. The molecule has 0 saturated heterocycles. The number of nitrogens with one attached hydrogen (secondary N) is 4. The van der Waals surface area contributed by atoms with E-state index in [4.69, 9.17) is 4.74 Å². The van der Waals surface area contributed by atoms with Gasteiger partial charge in [-0.2, -0.15) is 0 Å². The van der Waals surface area contributed by atoms with Crippen molar-refractivity contribution >= 4 is 48.6 Å². The molecule has 2 amide bonds. The van der Waals surface area contributed by atoms with Crippen LogP contribution >= 0.6 is 9.24 Å². The van der Waals surface area contributed by atoms with E-state index in [0.717, 1.165) is 33.9 Å². The fraction of sp³-hybridized carbons (Fsp3) is 0.206. The van der Waals surface area contributed by atoms with Gasteiger partial charge in [0.2, 0.25) is 0 Å². The monoisotopic (exact) mass is 594 g/mol. The standard InChI is InChI=1S/C34H39N6O2P/c1-7-9-24(34(3,4)5)19-32(38-25-11-13-28-23(18-25)10-8-16-36-28)40-33(41)39-29-14-12-26(21-31(29)43)42-27-15-17-37-30(20-27)22(2)35-6/h8-21,35,38H,2,7,43H2,1,3-6H3,(H2,39,40,41)/b24-9-,32-19+. The van der Waals surface area contributed by atoms with E-state index in [9.17, 15) is 4.79 Å². The molecule has 0 spiro atoms. The summed E-state index contributed by atoms with van der Waals surface area (Å²) in [7, 11) is 4.44. The lowest BCUT2D eigenvalue weighted by atomic mass is 9.85. The molecule has 222 valence electrons. The molecule has 0 aliphatic rings. The minimum atomic E-state index is -0.382. The molecule has 0 bridgehead atoms.